The Kier molecular flexibility index (Phi) is 6.61. The average molecular weight is 279 g/mol. The number of aromatic nitrogens is 1. The molecule has 0 aliphatic heterocycles. The molecule has 0 aliphatic rings. The molecule has 1 heterocycles. The number of carboxylic acids is 1. The molecule has 0 amide bonds. The molecule has 0 aliphatic carbocycles. The Labute approximate surface area is 121 Å². The molecule has 0 bridgehead atoms. The molecule has 112 valence electrons. The van der Waals surface area contributed by atoms with Gasteiger partial charge in [-0.05, 0) is 31.6 Å². The van der Waals surface area contributed by atoms with E-state index in [4.69, 9.17) is 0 Å². The minimum absolute atomic E-state index is 0.158. The molecule has 1 N–H and O–H groups in total. The van der Waals surface area contributed by atoms with Crippen LogP contribution in [0.15, 0.2) is 18.3 Å². The molecule has 0 spiro atoms. The maximum Gasteiger partial charge on any atom is 0.354 e. The molecular formula is C15H25N3O2. The molecule has 0 aromatic carbocycles. The number of nitrogens with zero attached hydrogens (tertiary/aromatic N) is 3. The number of aromatic carboxylic acids is 1. The van der Waals surface area contributed by atoms with Crippen LogP contribution in [-0.4, -0.2) is 59.6 Å². The lowest BCUT2D eigenvalue weighted by Gasteiger charge is -2.26. The van der Waals surface area contributed by atoms with Gasteiger partial charge in [0.25, 0.3) is 0 Å². The number of hydrogen-bond acceptors (Lipinski definition) is 4. The van der Waals surface area contributed by atoms with Crippen LogP contribution in [0.5, 0.6) is 0 Å². The summed E-state index contributed by atoms with van der Waals surface area (Å²) >= 11 is 0. The fourth-order valence-electron chi connectivity index (χ4n) is 2.09. The first-order valence-electron chi connectivity index (χ1n) is 6.94. The van der Waals surface area contributed by atoms with Crippen molar-refractivity contribution in [2.45, 2.75) is 20.4 Å². The van der Waals surface area contributed by atoms with Crippen molar-refractivity contribution in [3.8, 4) is 0 Å². The van der Waals surface area contributed by atoms with Gasteiger partial charge < -0.3 is 10.0 Å². The summed E-state index contributed by atoms with van der Waals surface area (Å²) in [7, 11) is 4.08. The zero-order chi connectivity index (χ0) is 15.1. The van der Waals surface area contributed by atoms with E-state index in [0.717, 1.165) is 25.2 Å². The highest BCUT2D eigenvalue weighted by Gasteiger charge is 2.15. The third-order valence-corrected chi connectivity index (χ3v) is 2.97. The molecule has 20 heavy (non-hydrogen) atoms. The summed E-state index contributed by atoms with van der Waals surface area (Å²) in [4.78, 5) is 19.6. The Morgan fingerprint density at radius 1 is 1.35 bits per heavy atom. The van der Waals surface area contributed by atoms with E-state index in [1.165, 1.54) is 6.20 Å². The average Bonchev–Trinajstić information content (AvgIpc) is 2.35. The Hall–Kier alpha value is -1.46. The van der Waals surface area contributed by atoms with E-state index in [2.05, 4.69) is 28.6 Å². The zero-order valence-corrected chi connectivity index (χ0v) is 12.8. The van der Waals surface area contributed by atoms with Crippen LogP contribution >= 0.6 is 0 Å². The third kappa shape index (κ3) is 5.67. The minimum Gasteiger partial charge on any atom is -0.477 e. The smallest absolute Gasteiger partial charge is 0.354 e. The summed E-state index contributed by atoms with van der Waals surface area (Å²) in [6.45, 7) is 7.78. The maximum absolute atomic E-state index is 11.2. The molecule has 5 nitrogen and oxygen atoms in total. The van der Waals surface area contributed by atoms with Crippen LogP contribution in [0, 0.1) is 5.92 Å². The minimum atomic E-state index is -0.960. The van der Waals surface area contributed by atoms with E-state index in [0.29, 0.717) is 12.5 Å². The van der Waals surface area contributed by atoms with E-state index in [1.807, 2.05) is 20.2 Å². The topological polar surface area (TPSA) is 56.7 Å². The zero-order valence-electron chi connectivity index (χ0n) is 12.8. The second-order valence-corrected chi connectivity index (χ2v) is 5.75. The number of carboxylic acid groups (broad SMARTS) is 1. The summed E-state index contributed by atoms with van der Waals surface area (Å²) in [5.74, 6) is -0.417. The molecule has 0 saturated carbocycles. The molecular weight excluding hydrogens is 254 g/mol. The van der Waals surface area contributed by atoms with Crippen molar-refractivity contribution in [1.29, 1.82) is 0 Å². The lowest BCUT2D eigenvalue weighted by molar-refractivity contribution is 0.0687. The highest BCUT2D eigenvalue weighted by atomic mass is 16.4. The quantitative estimate of drug-likeness (QED) is 0.786. The van der Waals surface area contributed by atoms with Gasteiger partial charge in [0.05, 0.1) is 0 Å². The van der Waals surface area contributed by atoms with Crippen molar-refractivity contribution >= 4 is 5.97 Å². The predicted octanol–water partition coefficient (Wildman–Crippen LogP) is 1.80. The largest absolute Gasteiger partial charge is 0.477 e. The van der Waals surface area contributed by atoms with E-state index < -0.39 is 5.97 Å². The standard InChI is InChI=1S/C15H25N3O2/c1-12(2)10-18(9-8-17(3)4)11-13-6-5-7-16-14(13)15(19)20/h5-7,12H,8-11H2,1-4H3,(H,19,20). The first-order chi connectivity index (χ1) is 9.40. The van der Waals surface area contributed by atoms with E-state index >= 15 is 0 Å². The van der Waals surface area contributed by atoms with Crippen LogP contribution < -0.4 is 0 Å². The summed E-state index contributed by atoms with van der Waals surface area (Å²) in [5.41, 5.74) is 0.936. The molecule has 0 radical (unpaired) electrons. The van der Waals surface area contributed by atoms with Gasteiger partial charge in [0.1, 0.15) is 0 Å². The fourth-order valence-corrected chi connectivity index (χ4v) is 2.09. The Balaban J connectivity index is 2.80. The van der Waals surface area contributed by atoms with Crippen molar-refractivity contribution in [3.05, 3.63) is 29.6 Å². The van der Waals surface area contributed by atoms with Gasteiger partial charge in [-0.1, -0.05) is 19.9 Å². The van der Waals surface area contributed by atoms with Gasteiger partial charge in [0.15, 0.2) is 5.69 Å². The normalized spacial score (nSPS) is 11.6. The van der Waals surface area contributed by atoms with E-state index in [1.54, 1.807) is 6.07 Å². The lowest BCUT2D eigenvalue weighted by Crippen LogP contribution is -2.34. The van der Waals surface area contributed by atoms with Gasteiger partial charge in [-0.15, -0.1) is 0 Å². The van der Waals surface area contributed by atoms with Crippen molar-refractivity contribution in [2.24, 2.45) is 5.92 Å². The molecule has 0 atom stereocenters. The molecule has 5 heteroatoms. The van der Waals surface area contributed by atoms with Crippen LogP contribution in [0.3, 0.4) is 0 Å². The second-order valence-electron chi connectivity index (χ2n) is 5.75. The fraction of sp³-hybridized carbons (Fsp3) is 0.600. The highest BCUT2D eigenvalue weighted by molar-refractivity contribution is 5.86. The van der Waals surface area contributed by atoms with Gasteiger partial charge in [-0.25, -0.2) is 9.78 Å². The third-order valence-electron chi connectivity index (χ3n) is 2.97. The molecule has 0 saturated heterocycles. The summed E-state index contributed by atoms with van der Waals surface area (Å²) < 4.78 is 0. The van der Waals surface area contributed by atoms with E-state index in [-0.39, 0.29) is 5.69 Å². The van der Waals surface area contributed by atoms with Crippen LogP contribution in [0.25, 0.3) is 0 Å². The van der Waals surface area contributed by atoms with Crippen molar-refractivity contribution in [2.75, 3.05) is 33.7 Å². The van der Waals surface area contributed by atoms with Crippen LogP contribution in [0.1, 0.15) is 29.9 Å². The van der Waals surface area contributed by atoms with Crippen molar-refractivity contribution in [3.63, 3.8) is 0 Å². The SMILES string of the molecule is CC(C)CN(CCN(C)C)Cc1cccnc1C(=O)O. The monoisotopic (exact) mass is 279 g/mol. The van der Waals surface area contributed by atoms with Gasteiger partial charge in [0, 0.05) is 32.4 Å². The lowest BCUT2D eigenvalue weighted by atomic mass is 10.1. The first-order valence-corrected chi connectivity index (χ1v) is 6.94. The number of rotatable bonds is 8. The van der Waals surface area contributed by atoms with Crippen molar-refractivity contribution < 1.29 is 9.90 Å². The van der Waals surface area contributed by atoms with Gasteiger partial charge in [0.2, 0.25) is 0 Å². The molecule has 1 rings (SSSR count). The Morgan fingerprint density at radius 2 is 2.05 bits per heavy atom. The number of carbonyl (C=O) groups is 1. The Morgan fingerprint density at radius 3 is 2.60 bits per heavy atom. The van der Waals surface area contributed by atoms with Gasteiger partial charge in [-0.2, -0.15) is 0 Å². The summed E-state index contributed by atoms with van der Waals surface area (Å²) in [5, 5.41) is 9.19. The highest BCUT2D eigenvalue weighted by Crippen LogP contribution is 2.11. The van der Waals surface area contributed by atoms with Crippen LogP contribution in [0.2, 0.25) is 0 Å². The molecule has 1 aromatic rings. The molecule has 0 fully saturated rings. The molecule has 1 aromatic heterocycles. The second kappa shape index (κ2) is 7.97. The van der Waals surface area contributed by atoms with Crippen LogP contribution in [0.4, 0.5) is 0 Å². The first kappa shape index (κ1) is 16.6. The molecule has 0 unspecified atom stereocenters. The maximum atomic E-state index is 11.2. The van der Waals surface area contributed by atoms with Crippen molar-refractivity contribution in [1.82, 2.24) is 14.8 Å². The van der Waals surface area contributed by atoms with Crippen LogP contribution in [-0.2, 0) is 6.54 Å². The predicted molar refractivity (Wildman–Crippen MR) is 79.9 cm³/mol. The number of likely N-dealkylation sites (N-methyl/N-ethyl adjacent to an activating group) is 1. The number of pyridine rings is 1. The summed E-state index contributed by atoms with van der Waals surface area (Å²) in [6, 6.07) is 3.64. The summed E-state index contributed by atoms with van der Waals surface area (Å²) in [6.07, 6.45) is 1.53. The van der Waals surface area contributed by atoms with E-state index in [9.17, 15) is 9.90 Å². The number of hydrogen-bond donors (Lipinski definition) is 1. The van der Waals surface area contributed by atoms with Gasteiger partial charge in [-0.3, -0.25) is 4.90 Å². The Bertz CT molecular complexity index is 433. The van der Waals surface area contributed by atoms with Gasteiger partial charge >= 0.3 is 5.97 Å².